The number of carbonyl (C=O) groups is 1. The van der Waals surface area contributed by atoms with Crippen molar-refractivity contribution in [3.05, 3.63) is 75.5 Å². The third kappa shape index (κ3) is 7.93. The molecule has 0 radical (unpaired) electrons. The van der Waals surface area contributed by atoms with E-state index in [-0.39, 0.29) is 34.2 Å². The zero-order chi connectivity index (χ0) is 28.5. The lowest BCUT2D eigenvalue weighted by molar-refractivity contribution is 0.101. The predicted octanol–water partition coefficient (Wildman–Crippen LogP) is 8.95. The minimum atomic E-state index is -0.218. The van der Waals surface area contributed by atoms with Crippen LogP contribution < -0.4 is 5.43 Å². The quantitative estimate of drug-likeness (QED) is 0.259. The first-order valence-electron chi connectivity index (χ1n) is 14.1. The smallest absolute Gasteiger partial charge is 0.192 e. The van der Waals surface area contributed by atoms with Crippen molar-refractivity contribution < 1.29 is 9.53 Å². The monoisotopic (exact) mass is 509 g/mol. The van der Waals surface area contributed by atoms with Crippen LogP contribution in [0.2, 0.25) is 0 Å². The van der Waals surface area contributed by atoms with Gasteiger partial charge in [-0.05, 0) is 79.7 Å². The molecule has 2 aliphatic rings. The van der Waals surface area contributed by atoms with Gasteiger partial charge in [-0.25, -0.2) is 0 Å². The average molecular weight is 510 g/mol. The van der Waals surface area contributed by atoms with Crippen LogP contribution in [0.3, 0.4) is 0 Å². The van der Waals surface area contributed by atoms with Crippen LogP contribution in [0.25, 0.3) is 5.57 Å². The van der Waals surface area contributed by atoms with Gasteiger partial charge in [0.15, 0.2) is 11.2 Å². The van der Waals surface area contributed by atoms with Gasteiger partial charge in [-0.3, -0.25) is 9.59 Å². The summed E-state index contributed by atoms with van der Waals surface area (Å²) in [5, 5.41) is 0. The number of rotatable bonds is 8. The molecule has 4 heteroatoms. The Morgan fingerprint density at radius 3 is 2.22 bits per heavy atom. The Hall–Kier alpha value is -2.62. The highest BCUT2D eigenvalue weighted by Gasteiger charge is 2.33. The highest BCUT2D eigenvalue weighted by Crippen LogP contribution is 2.46. The van der Waals surface area contributed by atoms with Crippen LogP contribution in [0.4, 0.5) is 0 Å². The molecule has 1 saturated carbocycles. The van der Waals surface area contributed by atoms with Gasteiger partial charge in [0.25, 0.3) is 0 Å². The highest BCUT2D eigenvalue weighted by atomic mass is 16.5. The van der Waals surface area contributed by atoms with Crippen LogP contribution in [0.15, 0.2) is 58.8 Å². The van der Waals surface area contributed by atoms with Crippen molar-refractivity contribution in [2.75, 3.05) is 7.11 Å². The van der Waals surface area contributed by atoms with E-state index in [1.54, 1.807) is 19.4 Å². The molecule has 2 atom stereocenters. The molecular weight excluding hydrogens is 458 g/mol. The van der Waals surface area contributed by atoms with E-state index in [2.05, 4.69) is 57.9 Å². The highest BCUT2D eigenvalue weighted by molar-refractivity contribution is 5.94. The van der Waals surface area contributed by atoms with Gasteiger partial charge in [0.2, 0.25) is 0 Å². The van der Waals surface area contributed by atoms with Crippen molar-refractivity contribution in [3.63, 3.8) is 0 Å². The number of Topliss-reactive ketones (excluding diaryl/α,β-unsaturated/α-hetero) is 1. The van der Waals surface area contributed by atoms with Crippen molar-refractivity contribution in [2.45, 2.75) is 101 Å². The number of ketones is 1. The lowest BCUT2D eigenvalue weighted by atomic mass is 9.81. The molecule has 0 aliphatic heterocycles. The third-order valence-corrected chi connectivity index (χ3v) is 7.03. The lowest BCUT2D eigenvalue weighted by Gasteiger charge is -2.35. The van der Waals surface area contributed by atoms with Gasteiger partial charge in [0, 0.05) is 29.9 Å². The molecule has 4 nitrogen and oxygen atoms in total. The molecule has 37 heavy (non-hydrogen) atoms. The molecule has 0 bridgehead atoms. The maximum absolute atomic E-state index is 13.0. The maximum Gasteiger partial charge on any atom is 0.192 e. The number of hydrogen-bond donors (Lipinski definition) is 0. The second-order valence-corrected chi connectivity index (χ2v) is 10.5. The van der Waals surface area contributed by atoms with Crippen molar-refractivity contribution >= 4 is 11.4 Å². The number of hydrogen-bond acceptors (Lipinski definition) is 3. The molecule has 0 spiro atoms. The third-order valence-electron chi connectivity index (χ3n) is 7.03. The zero-order valence-corrected chi connectivity index (χ0v) is 25.3. The Bertz CT molecular complexity index is 1090. The molecule has 1 fully saturated rings. The maximum atomic E-state index is 13.0. The Morgan fingerprint density at radius 2 is 1.76 bits per heavy atom. The second kappa shape index (κ2) is 14.4. The standard InChI is InChI=1S/C29H39NO3.2C2H6/c1-9-27(29(5,6)7)30-17-24(20(4)31)26(32)16-25(30)19(3)28(18(2)21-13-14-21)22-11-10-12-23(15-22)33-8;2*1-2/h10,12,15-17,21-22,27H,2,9,11,13-14H2,1,3-8H3;2*1-2H3/b28-19-;;. The van der Waals surface area contributed by atoms with E-state index in [9.17, 15) is 9.59 Å². The Morgan fingerprint density at radius 1 is 1.16 bits per heavy atom. The van der Waals surface area contributed by atoms with Crippen molar-refractivity contribution in [1.29, 1.82) is 0 Å². The van der Waals surface area contributed by atoms with Gasteiger partial charge in [0.05, 0.1) is 12.7 Å². The fourth-order valence-corrected chi connectivity index (χ4v) is 5.14. The topological polar surface area (TPSA) is 48.3 Å². The molecule has 3 rings (SSSR count). The number of carbonyl (C=O) groups excluding carboxylic acids is 1. The first-order valence-corrected chi connectivity index (χ1v) is 14.1. The number of pyridine rings is 1. The normalized spacial score (nSPS) is 18.2. The fourth-order valence-electron chi connectivity index (χ4n) is 5.14. The zero-order valence-electron chi connectivity index (χ0n) is 25.3. The van der Waals surface area contributed by atoms with Gasteiger partial charge in [-0.15, -0.1) is 0 Å². The summed E-state index contributed by atoms with van der Waals surface area (Å²) in [5.74, 6) is 1.30. The molecule has 0 amide bonds. The van der Waals surface area contributed by atoms with Gasteiger partial charge in [0.1, 0.15) is 5.76 Å². The molecule has 206 valence electrons. The summed E-state index contributed by atoms with van der Waals surface area (Å²) in [6.07, 6.45) is 12.2. The number of ether oxygens (including phenoxy) is 1. The summed E-state index contributed by atoms with van der Waals surface area (Å²) in [4.78, 5) is 25.2. The van der Waals surface area contributed by atoms with E-state index >= 15 is 0 Å². The van der Waals surface area contributed by atoms with Crippen LogP contribution in [-0.4, -0.2) is 17.5 Å². The van der Waals surface area contributed by atoms with Crippen LogP contribution in [0.1, 0.15) is 117 Å². The van der Waals surface area contributed by atoms with Gasteiger partial charge in [-0.1, -0.05) is 68.0 Å². The fraction of sp³-hybridized carbons (Fsp3) is 0.576. The SMILES string of the molecule is C=C(/C(=C(\C)c1cc(=O)c(C(C)=O)cn1C(CC)C(C)(C)C)C1C=C(OC)C=CC1)C1CC1.CC.CC. The summed E-state index contributed by atoms with van der Waals surface area (Å²) in [7, 11) is 1.69. The van der Waals surface area contributed by atoms with Gasteiger partial charge >= 0.3 is 0 Å². The average Bonchev–Trinajstić information content (AvgIpc) is 3.72. The second-order valence-electron chi connectivity index (χ2n) is 10.5. The van der Waals surface area contributed by atoms with Crippen molar-refractivity contribution in [3.8, 4) is 0 Å². The minimum Gasteiger partial charge on any atom is -0.497 e. The molecule has 0 aromatic carbocycles. The number of methoxy groups -OCH3 is 1. The van der Waals surface area contributed by atoms with Crippen molar-refractivity contribution in [1.82, 2.24) is 4.57 Å². The number of aromatic nitrogens is 1. The van der Waals surface area contributed by atoms with E-state index in [0.717, 1.165) is 48.3 Å². The summed E-state index contributed by atoms with van der Waals surface area (Å²) < 4.78 is 7.70. The van der Waals surface area contributed by atoms with E-state index in [1.807, 2.05) is 33.8 Å². The predicted molar refractivity (Wildman–Crippen MR) is 159 cm³/mol. The molecule has 2 aliphatic carbocycles. The summed E-state index contributed by atoms with van der Waals surface area (Å²) >= 11 is 0. The van der Waals surface area contributed by atoms with E-state index in [1.165, 1.54) is 12.5 Å². The van der Waals surface area contributed by atoms with E-state index in [4.69, 9.17) is 4.74 Å². The molecular formula is C33H51NO3. The first-order chi connectivity index (χ1) is 17.5. The Labute approximate surface area is 226 Å². The van der Waals surface area contributed by atoms with Gasteiger partial charge < -0.3 is 9.30 Å². The molecule has 1 heterocycles. The molecule has 0 saturated heterocycles. The Kier molecular flexibility index (Phi) is 12.6. The van der Waals surface area contributed by atoms with Crippen LogP contribution >= 0.6 is 0 Å². The Balaban J connectivity index is 0.00000163. The van der Waals surface area contributed by atoms with Crippen LogP contribution in [0, 0.1) is 17.3 Å². The number of allylic oxidation sites excluding steroid dienone is 6. The van der Waals surface area contributed by atoms with E-state index < -0.39 is 0 Å². The molecule has 1 aromatic rings. The summed E-state index contributed by atoms with van der Waals surface area (Å²) in [5.41, 5.74) is 4.29. The summed E-state index contributed by atoms with van der Waals surface area (Å²) in [6, 6.07) is 1.80. The lowest BCUT2D eigenvalue weighted by Crippen LogP contribution is -2.29. The van der Waals surface area contributed by atoms with Gasteiger partial charge in [-0.2, -0.15) is 0 Å². The minimum absolute atomic E-state index is 0.0444. The van der Waals surface area contributed by atoms with E-state index in [0.29, 0.717) is 5.92 Å². The molecule has 1 aromatic heterocycles. The van der Waals surface area contributed by atoms with Crippen LogP contribution in [0.5, 0.6) is 0 Å². The van der Waals surface area contributed by atoms with Crippen LogP contribution in [-0.2, 0) is 4.74 Å². The molecule has 2 unspecified atom stereocenters. The number of nitrogens with zero attached hydrogens (tertiary/aromatic N) is 1. The largest absolute Gasteiger partial charge is 0.497 e. The molecule has 0 N–H and O–H groups in total. The van der Waals surface area contributed by atoms with Crippen molar-refractivity contribution in [2.24, 2.45) is 17.3 Å². The first kappa shape index (κ1) is 32.4. The summed E-state index contributed by atoms with van der Waals surface area (Å²) in [6.45, 7) is 24.9.